The molecule has 76 valence electrons. The van der Waals surface area contributed by atoms with Crippen LogP contribution in [0.15, 0.2) is 11.4 Å². The predicted octanol–water partition coefficient (Wildman–Crippen LogP) is 2.74. The fraction of sp³-hybridized carbons (Fsp3) is 0.545. The summed E-state index contributed by atoms with van der Waals surface area (Å²) in [6, 6.07) is 2.09. The second-order valence-corrected chi connectivity index (χ2v) is 5.13. The van der Waals surface area contributed by atoms with Gasteiger partial charge in [-0.25, -0.2) is 0 Å². The van der Waals surface area contributed by atoms with Crippen molar-refractivity contribution in [1.82, 2.24) is 0 Å². The van der Waals surface area contributed by atoms with Crippen LogP contribution in [0.2, 0.25) is 0 Å². The summed E-state index contributed by atoms with van der Waals surface area (Å²) in [5.41, 5.74) is 1.28. The van der Waals surface area contributed by atoms with Gasteiger partial charge < -0.3 is 5.11 Å². The molecule has 1 aliphatic rings. The van der Waals surface area contributed by atoms with Crippen LogP contribution in [0.4, 0.5) is 0 Å². The van der Waals surface area contributed by atoms with Gasteiger partial charge in [0.2, 0.25) is 0 Å². The maximum atomic E-state index is 11.0. The SMILES string of the molecule is CC1Cc2sccc2C1C(C)C(=O)O. The van der Waals surface area contributed by atoms with Gasteiger partial charge in [0.15, 0.2) is 0 Å². The van der Waals surface area contributed by atoms with Gasteiger partial charge in [-0.05, 0) is 29.3 Å². The van der Waals surface area contributed by atoms with E-state index in [0.29, 0.717) is 5.92 Å². The Bertz CT molecular complexity index is 356. The average molecular weight is 210 g/mol. The maximum Gasteiger partial charge on any atom is 0.306 e. The van der Waals surface area contributed by atoms with E-state index in [1.165, 1.54) is 10.4 Å². The first-order valence-electron chi connectivity index (χ1n) is 4.90. The number of hydrogen-bond acceptors (Lipinski definition) is 2. The number of carbonyl (C=O) groups is 1. The van der Waals surface area contributed by atoms with Gasteiger partial charge in [0.25, 0.3) is 0 Å². The molecule has 0 aromatic carbocycles. The number of rotatable bonds is 2. The van der Waals surface area contributed by atoms with Gasteiger partial charge in [-0.2, -0.15) is 0 Å². The van der Waals surface area contributed by atoms with E-state index in [1.54, 1.807) is 11.3 Å². The number of aliphatic carboxylic acids is 1. The number of carboxylic acid groups (broad SMARTS) is 1. The van der Waals surface area contributed by atoms with Crippen molar-refractivity contribution in [2.75, 3.05) is 0 Å². The third kappa shape index (κ3) is 1.36. The molecule has 14 heavy (non-hydrogen) atoms. The lowest BCUT2D eigenvalue weighted by atomic mass is 9.83. The van der Waals surface area contributed by atoms with Crippen LogP contribution in [-0.2, 0) is 11.2 Å². The number of carboxylic acids is 1. The lowest BCUT2D eigenvalue weighted by Gasteiger charge is -2.20. The van der Waals surface area contributed by atoms with Crippen molar-refractivity contribution in [2.24, 2.45) is 11.8 Å². The molecule has 3 unspecified atom stereocenters. The Kier molecular flexibility index (Phi) is 2.35. The van der Waals surface area contributed by atoms with Gasteiger partial charge in [-0.15, -0.1) is 11.3 Å². The summed E-state index contributed by atoms with van der Waals surface area (Å²) in [6.07, 6.45) is 1.05. The summed E-state index contributed by atoms with van der Waals surface area (Å²) in [7, 11) is 0. The highest BCUT2D eigenvalue weighted by atomic mass is 32.1. The molecule has 1 aromatic heterocycles. The second kappa shape index (κ2) is 3.39. The Morgan fingerprint density at radius 3 is 3.07 bits per heavy atom. The van der Waals surface area contributed by atoms with E-state index < -0.39 is 5.97 Å². The van der Waals surface area contributed by atoms with E-state index in [0.717, 1.165) is 6.42 Å². The summed E-state index contributed by atoms with van der Waals surface area (Å²) in [5.74, 6) is -0.251. The molecule has 3 heteroatoms. The maximum absolute atomic E-state index is 11.0. The van der Waals surface area contributed by atoms with Crippen LogP contribution in [-0.4, -0.2) is 11.1 Å². The number of hydrogen-bond donors (Lipinski definition) is 1. The van der Waals surface area contributed by atoms with Crippen LogP contribution in [0, 0.1) is 11.8 Å². The van der Waals surface area contributed by atoms with Gasteiger partial charge in [0.1, 0.15) is 0 Å². The fourth-order valence-corrected chi connectivity index (χ4v) is 3.53. The third-order valence-corrected chi connectivity index (χ3v) is 4.15. The van der Waals surface area contributed by atoms with Crippen molar-refractivity contribution in [1.29, 1.82) is 0 Å². The summed E-state index contributed by atoms with van der Waals surface area (Å²) in [4.78, 5) is 12.4. The first-order valence-corrected chi connectivity index (χ1v) is 5.78. The van der Waals surface area contributed by atoms with Gasteiger partial charge in [-0.1, -0.05) is 13.8 Å². The van der Waals surface area contributed by atoms with Crippen molar-refractivity contribution >= 4 is 17.3 Å². The fourth-order valence-electron chi connectivity index (χ4n) is 2.46. The molecule has 0 bridgehead atoms. The molecule has 1 N–H and O–H groups in total. The topological polar surface area (TPSA) is 37.3 Å². The molecular formula is C11H14O2S. The van der Waals surface area contributed by atoms with Crippen molar-refractivity contribution in [3.63, 3.8) is 0 Å². The average Bonchev–Trinajstić information content (AvgIpc) is 2.62. The molecule has 0 aliphatic heterocycles. The van der Waals surface area contributed by atoms with Crippen LogP contribution in [0.5, 0.6) is 0 Å². The van der Waals surface area contributed by atoms with Gasteiger partial charge in [0.05, 0.1) is 5.92 Å². The third-order valence-electron chi connectivity index (χ3n) is 3.19. The quantitative estimate of drug-likeness (QED) is 0.815. The Labute approximate surface area is 87.6 Å². The smallest absolute Gasteiger partial charge is 0.306 e. The monoisotopic (exact) mass is 210 g/mol. The van der Waals surface area contributed by atoms with Gasteiger partial charge in [-0.3, -0.25) is 4.79 Å². The molecule has 0 saturated heterocycles. The standard InChI is InChI=1S/C11H14O2S/c1-6-5-9-8(3-4-14-9)10(6)7(2)11(12)13/h3-4,6-7,10H,5H2,1-2H3,(H,12,13). The van der Waals surface area contributed by atoms with E-state index in [-0.39, 0.29) is 11.8 Å². The van der Waals surface area contributed by atoms with Crippen LogP contribution < -0.4 is 0 Å². The molecule has 0 fully saturated rings. The zero-order valence-corrected chi connectivity index (χ0v) is 9.17. The highest BCUT2D eigenvalue weighted by molar-refractivity contribution is 7.10. The first kappa shape index (κ1) is 9.71. The minimum atomic E-state index is -0.680. The van der Waals surface area contributed by atoms with E-state index in [1.807, 2.05) is 6.92 Å². The molecule has 0 spiro atoms. The summed E-state index contributed by atoms with van der Waals surface area (Å²) < 4.78 is 0. The molecule has 0 amide bonds. The van der Waals surface area contributed by atoms with Crippen molar-refractivity contribution in [3.8, 4) is 0 Å². The molecule has 3 atom stereocenters. The van der Waals surface area contributed by atoms with Gasteiger partial charge >= 0.3 is 5.97 Å². The first-order chi connectivity index (χ1) is 6.61. The molecule has 1 aromatic rings. The largest absolute Gasteiger partial charge is 0.481 e. The zero-order chi connectivity index (χ0) is 10.3. The molecule has 0 radical (unpaired) electrons. The second-order valence-electron chi connectivity index (χ2n) is 4.13. The van der Waals surface area contributed by atoms with E-state index in [2.05, 4.69) is 18.4 Å². The van der Waals surface area contributed by atoms with Crippen LogP contribution in [0.3, 0.4) is 0 Å². The van der Waals surface area contributed by atoms with Gasteiger partial charge in [0, 0.05) is 10.8 Å². The number of thiophene rings is 1. The highest BCUT2D eigenvalue weighted by Crippen LogP contribution is 2.44. The molecule has 2 rings (SSSR count). The molecule has 1 aliphatic carbocycles. The summed E-state index contributed by atoms with van der Waals surface area (Å²) >= 11 is 1.76. The molecule has 1 heterocycles. The summed E-state index contributed by atoms with van der Waals surface area (Å²) in [5, 5.41) is 11.1. The van der Waals surface area contributed by atoms with Crippen LogP contribution >= 0.6 is 11.3 Å². The van der Waals surface area contributed by atoms with Crippen molar-refractivity contribution in [3.05, 3.63) is 21.9 Å². The normalized spacial score (nSPS) is 27.3. The zero-order valence-electron chi connectivity index (χ0n) is 8.36. The minimum Gasteiger partial charge on any atom is -0.481 e. The van der Waals surface area contributed by atoms with E-state index in [4.69, 9.17) is 5.11 Å². The lowest BCUT2D eigenvalue weighted by molar-refractivity contribution is -0.142. The molecule has 0 saturated carbocycles. The Balaban J connectivity index is 2.32. The van der Waals surface area contributed by atoms with Crippen molar-refractivity contribution in [2.45, 2.75) is 26.2 Å². The Morgan fingerprint density at radius 1 is 1.71 bits per heavy atom. The Hall–Kier alpha value is -0.830. The molecular weight excluding hydrogens is 196 g/mol. The lowest BCUT2D eigenvalue weighted by Crippen LogP contribution is -2.21. The van der Waals surface area contributed by atoms with Crippen molar-refractivity contribution < 1.29 is 9.90 Å². The molecule has 2 nitrogen and oxygen atoms in total. The summed E-state index contributed by atoms with van der Waals surface area (Å²) in [6.45, 7) is 3.97. The predicted molar refractivity (Wildman–Crippen MR) is 56.7 cm³/mol. The van der Waals surface area contributed by atoms with Crippen LogP contribution in [0.1, 0.15) is 30.2 Å². The Morgan fingerprint density at radius 2 is 2.43 bits per heavy atom. The number of fused-ring (bicyclic) bond motifs is 1. The minimum absolute atomic E-state index is 0.216. The highest BCUT2D eigenvalue weighted by Gasteiger charge is 2.36. The van der Waals surface area contributed by atoms with E-state index >= 15 is 0 Å². The van der Waals surface area contributed by atoms with Crippen LogP contribution in [0.25, 0.3) is 0 Å². The van der Waals surface area contributed by atoms with E-state index in [9.17, 15) is 4.79 Å².